The van der Waals surface area contributed by atoms with Crippen LogP contribution in [0.15, 0.2) is 36.4 Å². The van der Waals surface area contributed by atoms with Crippen molar-refractivity contribution in [2.24, 2.45) is 0 Å². The molecule has 0 saturated carbocycles. The number of halogens is 1. The van der Waals surface area contributed by atoms with Gasteiger partial charge in [0.05, 0.1) is 22.1 Å². The minimum absolute atomic E-state index is 0.702. The average molecular weight is 247 g/mol. The summed E-state index contributed by atoms with van der Waals surface area (Å²) in [4.78, 5) is 0. The second-order valence-corrected chi connectivity index (χ2v) is 4.55. The predicted molar refractivity (Wildman–Crippen MR) is 75.1 cm³/mol. The SMILES string of the molecule is Cc1ccc(Nc2c(C)cccc2N)c(Cl)c1. The topological polar surface area (TPSA) is 38.0 Å². The van der Waals surface area contributed by atoms with Gasteiger partial charge >= 0.3 is 0 Å². The van der Waals surface area contributed by atoms with Crippen LogP contribution in [0.1, 0.15) is 11.1 Å². The summed E-state index contributed by atoms with van der Waals surface area (Å²) in [6.07, 6.45) is 0. The molecule has 0 aliphatic carbocycles. The molecule has 0 atom stereocenters. The highest BCUT2D eigenvalue weighted by Crippen LogP contribution is 2.31. The Morgan fingerprint density at radius 1 is 1.12 bits per heavy atom. The number of nitrogens with two attached hydrogens (primary N) is 1. The number of benzene rings is 2. The summed E-state index contributed by atoms with van der Waals surface area (Å²) in [5.41, 5.74) is 10.7. The van der Waals surface area contributed by atoms with Gasteiger partial charge < -0.3 is 11.1 Å². The van der Waals surface area contributed by atoms with E-state index in [-0.39, 0.29) is 0 Å². The van der Waals surface area contributed by atoms with Crippen LogP contribution in [-0.4, -0.2) is 0 Å². The number of hydrogen-bond donors (Lipinski definition) is 2. The summed E-state index contributed by atoms with van der Waals surface area (Å²) >= 11 is 6.18. The largest absolute Gasteiger partial charge is 0.397 e. The lowest BCUT2D eigenvalue weighted by Crippen LogP contribution is -1.99. The van der Waals surface area contributed by atoms with Crippen LogP contribution in [0, 0.1) is 13.8 Å². The first-order valence-electron chi connectivity index (χ1n) is 5.46. The van der Waals surface area contributed by atoms with Crippen LogP contribution in [0.25, 0.3) is 0 Å². The third-order valence-corrected chi connectivity index (χ3v) is 3.00. The van der Waals surface area contributed by atoms with Gasteiger partial charge in [0.25, 0.3) is 0 Å². The second-order valence-electron chi connectivity index (χ2n) is 4.15. The van der Waals surface area contributed by atoms with Gasteiger partial charge in [0.15, 0.2) is 0 Å². The van der Waals surface area contributed by atoms with Gasteiger partial charge in [-0.1, -0.05) is 29.8 Å². The normalized spacial score (nSPS) is 10.3. The molecule has 0 aliphatic heterocycles. The molecule has 88 valence electrons. The van der Waals surface area contributed by atoms with Gasteiger partial charge in [-0.05, 0) is 43.2 Å². The van der Waals surface area contributed by atoms with Crippen molar-refractivity contribution in [2.75, 3.05) is 11.1 Å². The molecule has 3 N–H and O–H groups in total. The third kappa shape index (κ3) is 2.53. The van der Waals surface area contributed by atoms with Crippen molar-refractivity contribution in [1.82, 2.24) is 0 Å². The van der Waals surface area contributed by atoms with E-state index in [9.17, 15) is 0 Å². The summed E-state index contributed by atoms with van der Waals surface area (Å²) in [6, 6.07) is 11.7. The molecule has 0 saturated heterocycles. The lowest BCUT2D eigenvalue weighted by atomic mass is 10.1. The second kappa shape index (κ2) is 4.68. The van der Waals surface area contributed by atoms with Crippen molar-refractivity contribution in [3.8, 4) is 0 Å². The number of hydrogen-bond acceptors (Lipinski definition) is 2. The minimum atomic E-state index is 0.702. The first kappa shape index (κ1) is 11.8. The summed E-state index contributed by atoms with van der Waals surface area (Å²) in [5, 5.41) is 3.98. The molecule has 2 aromatic carbocycles. The molecule has 0 radical (unpaired) electrons. The van der Waals surface area contributed by atoms with Crippen LogP contribution in [0.2, 0.25) is 5.02 Å². The molecule has 3 heteroatoms. The van der Waals surface area contributed by atoms with Crippen LogP contribution in [-0.2, 0) is 0 Å². The molecule has 0 aromatic heterocycles. The molecule has 0 aliphatic rings. The monoisotopic (exact) mass is 246 g/mol. The standard InChI is InChI=1S/C14H15ClN2/c1-9-6-7-13(11(15)8-9)17-14-10(2)4-3-5-12(14)16/h3-8,17H,16H2,1-2H3. The predicted octanol–water partition coefficient (Wildman–Crippen LogP) is 4.28. The fraction of sp³-hybridized carbons (Fsp3) is 0.143. The minimum Gasteiger partial charge on any atom is -0.397 e. The Bertz CT molecular complexity index is 530. The van der Waals surface area contributed by atoms with E-state index in [4.69, 9.17) is 17.3 Å². The van der Waals surface area contributed by atoms with E-state index in [2.05, 4.69) is 5.32 Å². The highest BCUT2D eigenvalue weighted by atomic mass is 35.5. The van der Waals surface area contributed by atoms with Crippen molar-refractivity contribution < 1.29 is 0 Å². The lowest BCUT2D eigenvalue weighted by molar-refractivity contribution is 1.41. The van der Waals surface area contributed by atoms with Crippen molar-refractivity contribution in [2.45, 2.75) is 13.8 Å². The summed E-state index contributed by atoms with van der Waals surface area (Å²) in [6.45, 7) is 4.03. The van der Waals surface area contributed by atoms with Gasteiger partial charge in [0, 0.05) is 0 Å². The number of para-hydroxylation sites is 1. The number of nitrogens with one attached hydrogen (secondary N) is 1. The van der Waals surface area contributed by atoms with E-state index >= 15 is 0 Å². The third-order valence-electron chi connectivity index (χ3n) is 2.69. The molecule has 0 spiro atoms. The zero-order valence-corrected chi connectivity index (χ0v) is 10.7. The Kier molecular flexibility index (Phi) is 3.25. The summed E-state index contributed by atoms with van der Waals surface area (Å²) in [7, 11) is 0. The summed E-state index contributed by atoms with van der Waals surface area (Å²) < 4.78 is 0. The van der Waals surface area contributed by atoms with Crippen molar-refractivity contribution in [3.63, 3.8) is 0 Å². The van der Waals surface area contributed by atoms with Crippen LogP contribution in [0.4, 0.5) is 17.1 Å². The van der Waals surface area contributed by atoms with E-state index in [0.29, 0.717) is 5.02 Å². The highest BCUT2D eigenvalue weighted by molar-refractivity contribution is 6.33. The number of anilines is 3. The molecule has 0 unspecified atom stereocenters. The Labute approximate surface area is 106 Å². The maximum absolute atomic E-state index is 6.18. The zero-order valence-electron chi connectivity index (χ0n) is 9.92. The molecule has 0 fully saturated rings. The van der Waals surface area contributed by atoms with Crippen molar-refractivity contribution in [1.29, 1.82) is 0 Å². The molecule has 2 nitrogen and oxygen atoms in total. The van der Waals surface area contributed by atoms with Crippen LogP contribution in [0.5, 0.6) is 0 Å². The Balaban J connectivity index is 2.38. The van der Waals surface area contributed by atoms with E-state index in [1.54, 1.807) is 0 Å². The number of rotatable bonds is 2. The smallest absolute Gasteiger partial charge is 0.0647 e. The first-order valence-corrected chi connectivity index (χ1v) is 5.84. The van der Waals surface area contributed by atoms with Crippen molar-refractivity contribution >= 4 is 28.7 Å². The molecule has 0 bridgehead atoms. The fourth-order valence-electron chi connectivity index (χ4n) is 1.72. The highest BCUT2D eigenvalue weighted by Gasteiger charge is 2.05. The Morgan fingerprint density at radius 2 is 1.88 bits per heavy atom. The number of aryl methyl sites for hydroxylation is 2. The molecule has 0 amide bonds. The average Bonchev–Trinajstić information content (AvgIpc) is 2.26. The zero-order chi connectivity index (χ0) is 12.4. The Morgan fingerprint density at radius 3 is 2.53 bits per heavy atom. The molecular weight excluding hydrogens is 232 g/mol. The maximum atomic E-state index is 6.18. The number of nitrogen functional groups attached to an aromatic ring is 1. The van der Waals surface area contributed by atoms with Crippen molar-refractivity contribution in [3.05, 3.63) is 52.5 Å². The Hall–Kier alpha value is -1.67. The maximum Gasteiger partial charge on any atom is 0.0647 e. The van der Waals surface area contributed by atoms with E-state index in [1.165, 1.54) is 0 Å². The van der Waals surface area contributed by atoms with Gasteiger partial charge in [0.1, 0.15) is 0 Å². The molecule has 17 heavy (non-hydrogen) atoms. The molecule has 2 aromatic rings. The van der Waals surface area contributed by atoms with Crippen LogP contribution in [0.3, 0.4) is 0 Å². The van der Waals surface area contributed by atoms with Gasteiger partial charge in [-0.2, -0.15) is 0 Å². The van der Waals surface area contributed by atoms with E-state index < -0.39 is 0 Å². The van der Waals surface area contributed by atoms with E-state index in [0.717, 1.165) is 28.2 Å². The van der Waals surface area contributed by atoms with Gasteiger partial charge in [0.2, 0.25) is 0 Å². The molecule has 0 heterocycles. The quantitative estimate of drug-likeness (QED) is 0.776. The van der Waals surface area contributed by atoms with E-state index in [1.807, 2.05) is 50.2 Å². The van der Waals surface area contributed by atoms with Gasteiger partial charge in [-0.3, -0.25) is 0 Å². The molecule has 2 rings (SSSR count). The van der Waals surface area contributed by atoms with Crippen LogP contribution >= 0.6 is 11.6 Å². The first-order chi connectivity index (χ1) is 8.08. The van der Waals surface area contributed by atoms with Crippen LogP contribution < -0.4 is 11.1 Å². The van der Waals surface area contributed by atoms with Gasteiger partial charge in [-0.15, -0.1) is 0 Å². The summed E-state index contributed by atoms with van der Waals surface area (Å²) in [5.74, 6) is 0. The van der Waals surface area contributed by atoms with Gasteiger partial charge in [-0.25, -0.2) is 0 Å². The lowest BCUT2D eigenvalue weighted by Gasteiger charge is -2.13. The fourth-order valence-corrected chi connectivity index (χ4v) is 2.00. The molecular formula is C14H15ClN2.